The average molecular weight is 309 g/mol. The second-order valence-electron chi connectivity index (χ2n) is 5.58. The first-order chi connectivity index (χ1) is 10.4. The maximum Gasteiger partial charge on any atom is 0.306 e. The van der Waals surface area contributed by atoms with E-state index in [4.69, 9.17) is 5.73 Å². The predicted molar refractivity (Wildman–Crippen MR) is 76.5 cm³/mol. The van der Waals surface area contributed by atoms with E-state index in [9.17, 15) is 19.7 Å². The van der Waals surface area contributed by atoms with Crippen LogP contribution in [0.4, 0.5) is 5.69 Å². The molecule has 2 amide bonds. The number of hydrogen-bond acceptors (Lipinski definition) is 5. The van der Waals surface area contributed by atoms with Crippen LogP contribution >= 0.6 is 0 Å². The first-order valence-corrected chi connectivity index (χ1v) is 7.13. The number of carbonyl (C=O) groups excluding carboxylic acids is 2. The fourth-order valence-corrected chi connectivity index (χ4v) is 2.60. The number of hydrogen-bond donors (Lipinski definition) is 1. The molecule has 0 bridgehead atoms. The summed E-state index contributed by atoms with van der Waals surface area (Å²) in [5.74, 6) is -0.858. The lowest BCUT2D eigenvalue weighted by Crippen LogP contribution is -2.44. The Hall–Kier alpha value is -2.45. The minimum atomic E-state index is -0.523. The van der Waals surface area contributed by atoms with Crippen LogP contribution < -0.4 is 5.73 Å². The quantitative estimate of drug-likeness (QED) is 0.612. The third-order valence-corrected chi connectivity index (χ3v) is 3.92. The predicted octanol–water partition coefficient (Wildman–Crippen LogP) is 0.151. The molecule has 2 rings (SSSR count). The maximum atomic E-state index is 12.4. The van der Waals surface area contributed by atoms with Crippen molar-refractivity contribution < 1.29 is 14.5 Å². The standard InChI is InChI=1S/C13H19N5O4/c1-9(7-17-8-11(6-15-17)18(21)22)13(20)16-4-2-10(3-5-16)12(14)19/h6,8-10H,2-5,7H2,1H3,(H2,14,19). The largest absolute Gasteiger partial charge is 0.369 e. The minimum Gasteiger partial charge on any atom is -0.369 e. The second kappa shape index (κ2) is 6.54. The fraction of sp³-hybridized carbons (Fsp3) is 0.615. The Balaban J connectivity index is 1.89. The van der Waals surface area contributed by atoms with Crippen LogP contribution in [0.1, 0.15) is 19.8 Å². The van der Waals surface area contributed by atoms with Crippen LogP contribution in [0.5, 0.6) is 0 Å². The highest BCUT2D eigenvalue weighted by Gasteiger charge is 2.28. The van der Waals surface area contributed by atoms with Crippen molar-refractivity contribution in [3.05, 3.63) is 22.5 Å². The van der Waals surface area contributed by atoms with Crippen molar-refractivity contribution in [2.75, 3.05) is 13.1 Å². The molecular weight excluding hydrogens is 290 g/mol. The zero-order valence-corrected chi connectivity index (χ0v) is 12.3. The second-order valence-corrected chi connectivity index (χ2v) is 5.58. The molecule has 1 saturated heterocycles. The number of amides is 2. The van der Waals surface area contributed by atoms with Crippen molar-refractivity contribution >= 4 is 17.5 Å². The molecule has 1 aliphatic heterocycles. The monoisotopic (exact) mass is 309 g/mol. The highest BCUT2D eigenvalue weighted by molar-refractivity contribution is 5.80. The number of nitro groups is 1. The lowest BCUT2D eigenvalue weighted by Gasteiger charge is -2.32. The van der Waals surface area contributed by atoms with Gasteiger partial charge in [0, 0.05) is 19.0 Å². The van der Waals surface area contributed by atoms with E-state index in [0.717, 1.165) is 6.20 Å². The Labute approximate surface area is 127 Å². The molecule has 0 spiro atoms. The van der Waals surface area contributed by atoms with E-state index in [1.165, 1.54) is 10.9 Å². The number of rotatable bonds is 5. The van der Waals surface area contributed by atoms with Gasteiger partial charge in [-0.25, -0.2) is 0 Å². The molecule has 1 aliphatic rings. The summed E-state index contributed by atoms with van der Waals surface area (Å²) in [6.07, 6.45) is 3.64. The van der Waals surface area contributed by atoms with Crippen LogP contribution in [0.15, 0.2) is 12.4 Å². The maximum absolute atomic E-state index is 12.4. The first kappa shape index (κ1) is 15.9. The van der Waals surface area contributed by atoms with Gasteiger partial charge in [-0.15, -0.1) is 0 Å². The van der Waals surface area contributed by atoms with Gasteiger partial charge in [-0.3, -0.25) is 24.4 Å². The summed E-state index contributed by atoms with van der Waals surface area (Å²) in [6, 6.07) is 0. The van der Waals surface area contributed by atoms with E-state index < -0.39 is 4.92 Å². The van der Waals surface area contributed by atoms with Gasteiger partial charge in [0.15, 0.2) is 0 Å². The summed E-state index contributed by atoms with van der Waals surface area (Å²) in [4.78, 5) is 35.3. The highest BCUT2D eigenvalue weighted by Crippen LogP contribution is 2.19. The van der Waals surface area contributed by atoms with Gasteiger partial charge in [-0.2, -0.15) is 5.10 Å². The summed E-state index contributed by atoms with van der Waals surface area (Å²) >= 11 is 0. The van der Waals surface area contributed by atoms with E-state index >= 15 is 0 Å². The molecule has 2 heterocycles. The van der Waals surface area contributed by atoms with Gasteiger partial charge in [-0.1, -0.05) is 6.92 Å². The van der Waals surface area contributed by atoms with Crippen molar-refractivity contribution in [3.8, 4) is 0 Å². The van der Waals surface area contributed by atoms with E-state index in [0.29, 0.717) is 25.9 Å². The number of nitrogens with two attached hydrogens (primary N) is 1. The smallest absolute Gasteiger partial charge is 0.306 e. The van der Waals surface area contributed by atoms with Gasteiger partial charge in [0.25, 0.3) is 0 Å². The van der Waals surface area contributed by atoms with E-state index in [-0.39, 0.29) is 35.9 Å². The number of aromatic nitrogens is 2. The molecule has 120 valence electrons. The van der Waals surface area contributed by atoms with Crippen LogP contribution in [0.2, 0.25) is 0 Å². The topological polar surface area (TPSA) is 124 Å². The van der Waals surface area contributed by atoms with Crippen molar-refractivity contribution in [2.45, 2.75) is 26.3 Å². The first-order valence-electron chi connectivity index (χ1n) is 7.13. The van der Waals surface area contributed by atoms with Crippen LogP contribution in [-0.4, -0.2) is 44.5 Å². The molecule has 1 unspecified atom stereocenters. The van der Waals surface area contributed by atoms with Crippen LogP contribution in [0.3, 0.4) is 0 Å². The van der Waals surface area contributed by atoms with E-state index in [1.807, 2.05) is 0 Å². The lowest BCUT2D eigenvalue weighted by molar-refractivity contribution is -0.385. The molecule has 0 radical (unpaired) electrons. The molecule has 1 aromatic heterocycles. The van der Waals surface area contributed by atoms with E-state index in [2.05, 4.69) is 5.10 Å². The third-order valence-electron chi connectivity index (χ3n) is 3.92. The molecule has 1 atom stereocenters. The van der Waals surface area contributed by atoms with Crippen molar-refractivity contribution in [3.63, 3.8) is 0 Å². The van der Waals surface area contributed by atoms with Crippen molar-refractivity contribution in [1.82, 2.24) is 14.7 Å². The minimum absolute atomic E-state index is 0.0407. The molecule has 9 nitrogen and oxygen atoms in total. The van der Waals surface area contributed by atoms with Crippen LogP contribution in [0.25, 0.3) is 0 Å². The Kier molecular flexibility index (Phi) is 4.74. The van der Waals surface area contributed by atoms with Gasteiger partial charge in [0.1, 0.15) is 12.4 Å². The molecule has 0 aliphatic carbocycles. The molecular formula is C13H19N5O4. The molecule has 1 aromatic rings. The summed E-state index contributed by atoms with van der Waals surface area (Å²) in [5.41, 5.74) is 5.17. The fourth-order valence-electron chi connectivity index (χ4n) is 2.60. The zero-order valence-electron chi connectivity index (χ0n) is 12.3. The summed E-state index contributed by atoms with van der Waals surface area (Å²) in [5, 5.41) is 14.5. The lowest BCUT2D eigenvalue weighted by atomic mass is 9.95. The Morgan fingerprint density at radius 2 is 2.14 bits per heavy atom. The summed E-state index contributed by atoms with van der Waals surface area (Å²) < 4.78 is 1.40. The molecule has 9 heteroatoms. The number of primary amides is 1. The normalized spacial score (nSPS) is 17.2. The SMILES string of the molecule is CC(Cn1cc([N+](=O)[O-])cn1)C(=O)N1CCC(C(N)=O)CC1. The number of nitrogens with zero attached hydrogens (tertiary/aromatic N) is 4. The van der Waals surface area contributed by atoms with Gasteiger partial charge in [0.2, 0.25) is 11.8 Å². The number of piperidine rings is 1. The van der Waals surface area contributed by atoms with Gasteiger partial charge in [-0.05, 0) is 12.8 Å². The van der Waals surface area contributed by atoms with Crippen LogP contribution in [-0.2, 0) is 16.1 Å². The van der Waals surface area contributed by atoms with Crippen LogP contribution in [0, 0.1) is 22.0 Å². The van der Waals surface area contributed by atoms with Crippen molar-refractivity contribution in [1.29, 1.82) is 0 Å². The summed E-state index contributed by atoms with van der Waals surface area (Å²) in [6.45, 7) is 3.06. The molecule has 22 heavy (non-hydrogen) atoms. The number of carbonyl (C=O) groups is 2. The average Bonchev–Trinajstić information content (AvgIpc) is 2.95. The Bertz CT molecular complexity index is 577. The third kappa shape index (κ3) is 3.60. The van der Waals surface area contributed by atoms with Crippen molar-refractivity contribution in [2.24, 2.45) is 17.6 Å². The highest BCUT2D eigenvalue weighted by atomic mass is 16.6. The Morgan fingerprint density at radius 1 is 1.50 bits per heavy atom. The zero-order chi connectivity index (χ0) is 16.3. The molecule has 0 aromatic carbocycles. The van der Waals surface area contributed by atoms with Gasteiger partial charge < -0.3 is 10.6 Å². The molecule has 1 fully saturated rings. The molecule has 0 saturated carbocycles. The van der Waals surface area contributed by atoms with E-state index in [1.54, 1.807) is 11.8 Å². The van der Waals surface area contributed by atoms with Gasteiger partial charge in [0.05, 0.1) is 17.4 Å². The van der Waals surface area contributed by atoms with Gasteiger partial charge >= 0.3 is 5.69 Å². The molecule has 2 N–H and O–H groups in total. The Morgan fingerprint density at radius 3 is 2.64 bits per heavy atom. The summed E-state index contributed by atoms with van der Waals surface area (Å²) in [7, 11) is 0. The number of likely N-dealkylation sites (tertiary alicyclic amines) is 1.